The first kappa shape index (κ1) is 17.8. The molecule has 0 N–H and O–H groups in total. The third-order valence-electron chi connectivity index (χ3n) is 5.51. The van der Waals surface area contributed by atoms with Crippen molar-refractivity contribution >= 4 is 45.1 Å². The van der Waals surface area contributed by atoms with Crippen LogP contribution in [0.3, 0.4) is 0 Å². The van der Waals surface area contributed by atoms with Gasteiger partial charge in [-0.05, 0) is 0 Å². The van der Waals surface area contributed by atoms with Crippen molar-refractivity contribution in [2.75, 3.05) is 12.8 Å². The molecule has 0 radical (unpaired) electrons. The van der Waals surface area contributed by atoms with Crippen LogP contribution in [0.1, 0.15) is 35.3 Å². The Labute approximate surface area is 157 Å². The Bertz CT molecular complexity index is 565. The van der Waals surface area contributed by atoms with Gasteiger partial charge in [-0.15, -0.1) is 0 Å². The summed E-state index contributed by atoms with van der Waals surface area (Å²) < 4.78 is 5.67. The van der Waals surface area contributed by atoms with Gasteiger partial charge in [-0.1, -0.05) is 0 Å². The first-order valence-corrected chi connectivity index (χ1v) is 14.4. The molecule has 0 spiro atoms. The maximum absolute atomic E-state index is 5.67. The Morgan fingerprint density at radius 2 is 1.43 bits per heavy atom. The third-order valence-corrected chi connectivity index (χ3v) is 12.2. The van der Waals surface area contributed by atoms with Crippen LogP contribution in [0.25, 0.3) is 0 Å². The quantitative estimate of drug-likeness (QED) is 0.185. The topological polar surface area (TPSA) is 9.23 Å². The molecule has 3 rings (SSSR count). The molecule has 1 aliphatic heterocycles. The van der Waals surface area contributed by atoms with Crippen LogP contribution in [0.15, 0.2) is 60.7 Å². The second kappa shape index (κ2) is 8.38. The van der Waals surface area contributed by atoms with Crippen molar-refractivity contribution in [2.24, 2.45) is 0 Å². The fourth-order valence-corrected chi connectivity index (χ4v) is 10.5. The van der Waals surface area contributed by atoms with Gasteiger partial charge in [-0.2, -0.15) is 0 Å². The zero-order valence-corrected chi connectivity index (χ0v) is 17.4. The maximum atomic E-state index is 5.67. The standard InChI is InChI=1S/C18H23BIOPS/c19-22(14-13-21-23-20)17(15-7-3-1-4-8-15)11-12-18(22)16-9-5-2-6-10-16/h1-10,17-18,22H,11-14,19H2/t17-,18-/m1/s1. The summed E-state index contributed by atoms with van der Waals surface area (Å²) in [5, 5.41) is 0. The molecule has 1 aliphatic rings. The van der Waals surface area contributed by atoms with Crippen LogP contribution >= 0.6 is 37.6 Å². The predicted octanol–water partition coefficient (Wildman–Crippen LogP) is 5.58. The molecule has 122 valence electrons. The summed E-state index contributed by atoms with van der Waals surface area (Å²) in [6.45, 7) is 0.878. The molecular formula is C18H23BIOPS. The van der Waals surface area contributed by atoms with Crippen molar-refractivity contribution in [2.45, 2.75) is 24.2 Å². The number of rotatable bonds is 6. The van der Waals surface area contributed by atoms with Gasteiger partial charge in [-0.3, -0.25) is 0 Å². The van der Waals surface area contributed by atoms with Crippen molar-refractivity contribution in [1.82, 2.24) is 0 Å². The van der Waals surface area contributed by atoms with Crippen LogP contribution in [-0.2, 0) is 4.18 Å². The minimum absolute atomic E-state index is 0.747. The van der Waals surface area contributed by atoms with Crippen molar-refractivity contribution in [3.8, 4) is 0 Å². The van der Waals surface area contributed by atoms with E-state index in [4.69, 9.17) is 4.18 Å². The summed E-state index contributed by atoms with van der Waals surface area (Å²) >= 11 is 2.22. The summed E-state index contributed by atoms with van der Waals surface area (Å²) in [7, 11) is 2.57. The van der Waals surface area contributed by atoms with E-state index in [1.54, 1.807) is 11.1 Å². The summed E-state index contributed by atoms with van der Waals surface area (Å²) in [6, 6.07) is 22.3. The average Bonchev–Trinajstić information content (AvgIpc) is 2.94. The predicted molar refractivity (Wildman–Crippen MR) is 117 cm³/mol. The van der Waals surface area contributed by atoms with E-state index in [1.807, 2.05) is 0 Å². The fourth-order valence-electron chi connectivity index (χ4n) is 4.34. The van der Waals surface area contributed by atoms with Gasteiger partial charge in [0.15, 0.2) is 0 Å². The van der Waals surface area contributed by atoms with Gasteiger partial charge >= 0.3 is 158 Å². The zero-order chi connectivity index (χ0) is 16.1. The van der Waals surface area contributed by atoms with E-state index in [0.717, 1.165) is 17.9 Å². The summed E-state index contributed by atoms with van der Waals surface area (Å²) in [6.07, 6.45) is 3.88. The molecule has 0 aliphatic carbocycles. The SMILES string of the molecule is B[PH]1(CCOSI)[C@@H](c2ccccc2)CC[C@@H]1c1ccccc1. The molecule has 0 saturated carbocycles. The Hall–Kier alpha value is -0.0251. The van der Waals surface area contributed by atoms with Gasteiger partial charge in [-0.25, -0.2) is 0 Å². The first-order chi connectivity index (χ1) is 11.3. The van der Waals surface area contributed by atoms with Gasteiger partial charge in [0.2, 0.25) is 0 Å². The van der Waals surface area contributed by atoms with Crippen molar-refractivity contribution in [3.63, 3.8) is 0 Å². The minimum atomic E-state index is -1.51. The Morgan fingerprint density at radius 1 is 0.957 bits per heavy atom. The molecule has 0 bridgehead atoms. The van der Waals surface area contributed by atoms with Crippen LogP contribution in [-0.4, -0.2) is 20.3 Å². The summed E-state index contributed by atoms with van der Waals surface area (Å²) in [4.78, 5) is 0. The molecule has 2 atom stereocenters. The average molecular weight is 456 g/mol. The number of benzene rings is 2. The first-order valence-electron chi connectivity index (χ1n) is 8.26. The summed E-state index contributed by atoms with van der Waals surface area (Å²) in [5.74, 6) is 0. The van der Waals surface area contributed by atoms with E-state index < -0.39 is 7.14 Å². The van der Waals surface area contributed by atoms with Crippen LogP contribution in [0.4, 0.5) is 0 Å². The van der Waals surface area contributed by atoms with Crippen LogP contribution in [0.2, 0.25) is 0 Å². The molecule has 0 unspecified atom stereocenters. The Balaban J connectivity index is 1.91. The van der Waals surface area contributed by atoms with Crippen molar-refractivity contribution < 1.29 is 4.18 Å². The second-order valence-electron chi connectivity index (χ2n) is 6.64. The van der Waals surface area contributed by atoms with Crippen molar-refractivity contribution in [1.29, 1.82) is 0 Å². The van der Waals surface area contributed by atoms with Crippen molar-refractivity contribution in [3.05, 3.63) is 71.8 Å². The zero-order valence-electron chi connectivity index (χ0n) is 13.5. The molecule has 2 aromatic carbocycles. The third kappa shape index (κ3) is 3.97. The van der Waals surface area contributed by atoms with Gasteiger partial charge in [0.25, 0.3) is 0 Å². The number of hydrogen-bond donors (Lipinski definition) is 0. The Morgan fingerprint density at radius 3 is 1.87 bits per heavy atom. The molecule has 5 heteroatoms. The van der Waals surface area contributed by atoms with Crippen LogP contribution in [0.5, 0.6) is 0 Å². The van der Waals surface area contributed by atoms with Crippen LogP contribution in [0, 0.1) is 0 Å². The van der Waals surface area contributed by atoms with Gasteiger partial charge < -0.3 is 0 Å². The summed E-state index contributed by atoms with van der Waals surface area (Å²) in [5.41, 5.74) is 4.58. The molecule has 23 heavy (non-hydrogen) atoms. The van der Waals surface area contributed by atoms with E-state index in [1.165, 1.54) is 28.2 Å². The van der Waals surface area contributed by atoms with E-state index in [9.17, 15) is 0 Å². The monoisotopic (exact) mass is 456 g/mol. The molecule has 0 amide bonds. The van der Waals surface area contributed by atoms with E-state index in [0.29, 0.717) is 0 Å². The number of hydrogen-bond acceptors (Lipinski definition) is 2. The molecular weight excluding hydrogens is 433 g/mol. The van der Waals surface area contributed by atoms with Gasteiger partial charge in [0.1, 0.15) is 0 Å². The van der Waals surface area contributed by atoms with Gasteiger partial charge in [0, 0.05) is 0 Å². The fraction of sp³-hybridized carbons (Fsp3) is 0.333. The molecule has 1 saturated heterocycles. The second-order valence-corrected chi connectivity index (χ2v) is 13.0. The van der Waals surface area contributed by atoms with Gasteiger partial charge in [0.05, 0.1) is 0 Å². The molecule has 1 fully saturated rings. The van der Waals surface area contributed by atoms with E-state index >= 15 is 0 Å². The molecule has 2 aromatic rings. The van der Waals surface area contributed by atoms with E-state index in [2.05, 4.69) is 89.4 Å². The molecule has 1 nitrogen and oxygen atoms in total. The molecule has 0 aromatic heterocycles. The molecule has 1 heterocycles. The van der Waals surface area contributed by atoms with E-state index in [-0.39, 0.29) is 0 Å². The number of halogens is 1. The van der Waals surface area contributed by atoms with Crippen LogP contribution < -0.4 is 0 Å². The Kier molecular flexibility index (Phi) is 6.48. The normalized spacial score (nSPS) is 24.4.